The maximum absolute atomic E-state index is 12.7. The summed E-state index contributed by atoms with van der Waals surface area (Å²) in [5, 5.41) is 17.0. The third-order valence-corrected chi connectivity index (χ3v) is 5.16. The van der Waals surface area contributed by atoms with Crippen molar-refractivity contribution in [3.8, 4) is 5.69 Å². The molecule has 3 aromatic rings. The van der Waals surface area contributed by atoms with E-state index in [0.29, 0.717) is 16.4 Å². The Morgan fingerprint density at radius 2 is 2.00 bits per heavy atom. The minimum absolute atomic E-state index is 0.277. The zero-order valence-electron chi connectivity index (χ0n) is 14.7. The highest BCUT2D eigenvalue weighted by molar-refractivity contribution is 7.15. The van der Waals surface area contributed by atoms with Crippen LogP contribution in [0.5, 0.6) is 0 Å². The molecular formula is C18H20ClN5OS. The minimum atomic E-state index is -0.328. The van der Waals surface area contributed by atoms with E-state index in [2.05, 4.69) is 27.5 Å². The number of anilines is 1. The van der Waals surface area contributed by atoms with Gasteiger partial charge in [0.15, 0.2) is 0 Å². The summed E-state index contributed by atoms with van der Waals surface area (Å²) >= 11 is 7.82. The molecule has 6 nitrogen and oxygen atoms in total. The van der Waals surface area contributed by atoms with Gasteiger partial charge in [-0.2, -0.15) is 5.10 Å². The van der Waals surface area contributed by atoms with Crippen LogP contribution in [0, 0.1) is 6.92 Å². The highest BCUT2D eigenvalue weighted by Crippen LogP contribution is 2.25. The Hall–Kier alpha value is -2.25. The van der Waals surface area contributed by atoms with Crippen LogP contribution in [0.4, 0.5) is 5.13 Å². The first kappa shape index (κ1) is 18.5. The molecule has 0 fully saturated rings. The van der Waals surface area contributed by atoms with Gasteiger partial charge < -0.3 is 0 Å². The van der Waals surface area contributed by atoms with Crippen molar-refractivity contribution in [1.29, 1.82) is 0 Å². The number of carbonyl (C=O) groups is 1. The molecule has 0 saturated heterocycles. The summed E-state index contributed by atoms with van der Waals surface area (Å²) < 4.78 is 1.56. The number of aromatic nitrogens is 4. The highest BCUT2D eigenvalue weighted by atomic mass is 35.5. The number of unbranched alkanes of at least 4 members (excludes halogenated alkanes) is 2. The lowest BCUT2D eigenvalue weighted by molar-refractivity contribution is 0.102. The SMILES string of the molecule is CCCCCc1nnc(NC(=O)c2c(C)nn(-c3ccccc3)c2Cl)s1. The molecule has 0 radical (unpaired) electrons. The molecule has 2 aromatic heterocycles. The molecular weight excluding hydrogens is 370 g/mol. The van der Waals surface area contributed by atoms with Gasteiger partial charge in [-0.05, 0) is 25.5 Å². The number of aryl methyl sites for hydroxylation is 2. The Kier molecular flexibility index (Phi) is 6.00. The van der Waals surface area contributed by atoms with Crippen LogP contribution in [-0.2, 0) is 6.42 Å². The normalized spacial score (nSPS) is 10.9. The fraction of sp³-hybridized carbons (Fsp3) is 0.333. The molecule has 2 heterocycles. The van der Waals surface area contributed by atoms with Crippen molar-refractivity contribution in [2.24, 2.45) is 0 Å². The quantitative estimate of drug-likeness (QED) is 0.596. The van der Waals surface area contributed by atoms with Gasteiger partial charge in [-0.1, -0.05) is 60.9 Å². The zero-order valence-corrected chi connectivity index (χ0v) is 16.3. The van der Waals surface area contributed by atoms with Gasteiger partial charge in [-0.15, -0.1) is 10.2 Å². The van der Waals surface area contributed by atoms with Crippen molar-refractivity contribution in [3.63, 3.8) is 0 Å². The van der Waals surface area contributed by atoms with E-state index in [-0.39, 0.29) is 11.1 Å². The van der Waals surface area contributed by atoms with Gasteiger partial charge in [0.1, 0.15) is 15.7 Å². The van der Waals surface area contributed by atoms with Crippen molar-refractivity contribution in [1.82, 2.24) is 20.0 Å². The van der Waals surface area contributed by atoms with Crippen LogP contribution >= 0.6 is 22.9 Å². The Labute approximate surface area is 161 Å². The van der Waals surface area contributed by atoms with E-state index < -0.39 is 0 Å². The molecule has 0 atom stereocenters. The average molecular weight is 390 g/mol. The zero-order chi connectivity index (χ0) is 18.5. The van der Waals surface area contributed by atoms with Crippen molar-refractivity contribution in [3.05, 3.63) is 51.7 Å². The molecule has 0 aliphatic heterocycles. The Morgan fingerprint density at radius 3 is 2.73 bits per heavy atom. The van der Waals surface area contributed by atoms with Gasteiger partial charge >= 0.3 is 0 Å². The third kappa shape index (κ3) is 4.11. The first-order valence-corrected chi connectivity index (χ1v) is 9.74. The van der Waals surface area contributed by atoms with E-state index in [1.165, 1.54) is 11.3 Å². The standard InChI is InChI=1S/C18H20ClN5OS/c1-3-4-6-11-14-21-22-18(26-14)20-17(25)15-12(2)23-24(16(15)19)13-9-7-5-8-10-13/h5,7-10H,3-4,6,11H2,1-2H3,(H,20,22,25). The summed E-state index contributed by atoms with van der Waals surface area (Å²) in [5.41, 5.74) is 1.70. The fourth-order valence-corrected chi connectivity index (χ4v) is 3.72. The summed E-state index contributed by atoms with van der Waals surface area (Å²) in [4.78, 5) is 12.7. The van der Waals surface area contributed by atoms with Crippen LogP contribution in [0.1, 0.15) is 47.2 Å². The van der Waals surface area contributed by atoms with Crippen LogP contribution in [0.2, 0.25) is 5.15 Å². The number of benzene rings is 1. The first-order chi connectivity index (χ1) is 12.6. The van der Waals surface area contributed by atoms with E-state index in [4.69, 9.17) is 11.6 Å². The highest BCUT2D eigenvalue weighted by Gasteiger charge is 2.22. The molecule has 0 spiro atoms. The smallest absolute Gasteiger partial charge is 0.262 e. The summed E-state index contributed by atoms with van der Waals surface area (Å²) in [6, 6.07) is 9.46. The Balaban J connectivity index is 1.75. The van der Waals surface area contributed by atoms with Crippen molar-refractivity contribution >= 4 is 34.0 Å². The summed E-state index contributed by atoms with van der Waals surface area (Å²) in [6.45, 7) is 3.92. The fourth-order valence-electron chi connectivity index (χ4n) is 2.59. The van der Waals surface area contributed by atoms with Crippen LogP contribution < -0.4 is 5.32 Å². The number of halogens is 1. The van der Waals surface area contributed by atoms with E-state index >= 15 is 0 Å². The first-order valence-electron chi connectivity index (χ1n) is 8.54. The van der Waals surface area contributed by atoms with Gasteiger partial charge in [0.2, 0.25) is 5.13 Å². The number of nitrogens with one attached hydrogen (secondary N) is 1. The largest absolute Gasteiger partial charge is 0.296 e. The maximum Gasteiger partial charge on any atom is 0.262 e. The lowest BCUT2D eigenvalue weighted by Gasteiger charge is -2.03. The predicted octanol–water partition coefficient (Wildman–Crippen LogP) is 4.67. The Bertz CT molecular complexity index is 890. The van der Waals surface area contributed by atoms with E-state index in [1.54, 1.807) is 11.6 Å². The molecule has 0 saturated carbocycles. The molecule has 8 heteroatoms. The molecule has 136 valence electrons. The molecule has 1 aromatic carbocycles. The summed E-state index contributed by atoms with van der Waals surface area (Å²) in [6.07, 6.45) is 4.28. The van der Waals surface area contributed by atoms with Gasteiger partial charge in [0.05, 0.1) is 11.4 Å². The van der Waals surface area contributed by atoms with Gasteiger partial charge in [-0.3, -0.25) is 10.1 Å². The number of para-hydroxylation sites is 1. The number of hydrogen-bond donors (Lipinski definition) is 1. The molecule has 1 amide bonds. The van der Waals surface area contributed by atoms with Crippen LogP contribution in [-0.4, -0.2) is 25.9 Å². The van der Waals surface area contributed by atoms with Gasteiger partial charge in [0, 0.05) is 6.42 Å². The van der Waals surface area contributed by atoms with Gasteiger partial charge in [-0.25, -0.2) is 4.68 Å². The second-order valence-electron chi connectivity index (χ2n) is 5.91. The van der Waals surface area contributed by atoms with Crippen molar-refractivity contribution in [2.75, 3.05) is 5.32 Å². The number of rotatable bonds is 7. The third-order valence-electron chi connectivity index (χ3n) is 3.91. The topological polar surface area (TPSA) is 72.7 Å². The van der Waals surface area contributed by atoms with Crippen molar-refractivity contribution in [2.45, 2.75) is 39.5 Å². The summed E-state index contributed by atoms with van der Waals surface area (Å²) in [5.74, 6) is -0.328. The van der Waals surface area contributed by atoms with Gasteiger partial charge in [0.25, 0.3) is 5.91 Å². The van der Waals surface area contributed by atoms with Crippen LogP contribution in [0.15, 0.2) is 30.3 Å². The van der Waals surface area contributed by atoms with Crippen molar-refractivity contribution < 1.29 is 4.79 Å². The molecule has 0 aliphatic rings. The van der Waals surface area contributed by atoms with Crippen LogP contribution in [0.3, 0.4) is 0 Å². The molecule has 26 heavy (non-hydrogen) atoms. The molecule has 0 aliphatic carbocycles. The lowest BCUT2D eigenvalue weighted by Crippen LogP contribution is -2.13. The number of nitrogens with zero attached hydrogens (tertiary/aromatic N) is 4. The molecule has 0 unspecified atom stereocenters. The Morgan fingerprint density at radius 1 is 1.23 bits per heavy atom. The maximum atomic E-state index is 12.7. The second-order valence-corrected chi connectivity index (χ2v) is 7.33. The number of hydrogen-bond acceptors (Lipinski definition) is 5. The predicted molar refractivity (Wildman–Crippen MR) is 104 cm³/mol. The molecule has 1 N–H and O–H groups in total. The van der Waals surface area contributed by atoms with Crippen LogP contribution in [0.25, 0.3) is 5.69 Å². The lowest BCUT2D eigenvalue weighted by atomic mass is 10.2. The van der Waals surface area contributed by atoms with E-state index in [1.807, 2.05) is 30.3 Å². The molecule has 0 bridgehead atoms. The number of amides is 1. The minimum Gasteiger partial charge on any atom is -0.296 e. The molecule has 3 rings (SSSR count). The number of carbonyl (C=O) groups excluding carboxylic acids is 1. The van der Waals surface area contributed by atoms with E-state index in [0.717, 1.165) is 36.4 Å². The van der Waals surface area contributed by atoms with E-state index in [9.17, 15) is 4.79 Å². The average Bonchev–Trinajstić information content (AvgIpc) is 3.19. The monoisotopic (exact) mass is 389 g/mol. The second kappa shape index (κ2) is 8.42. The summed E-state index contributed by atoms with van der Waals surface area (Å²) in [7, 11) is 0.